The molecule has 0 saturated carbocycles. The smallest absolute Gasteiger partial charge is 0.344 e. The molecule has 5 nitrogen and oxygen atoms in total. The van der Waals surface area contributed by atoms with E-state index in [2.05, 4.69) is 10.4 Å². The number of hydrogen-bond donors (Lipinski definition) is 1. The van der Waals surface area contributed by atoms with Gasteiger partial charge in [0.15, 0.2) is 0 Å². The molecule has 1 atom stereocenters. The maximum atomic E-state index is 13.0. The zero-order valence-electron chi connectivity index (χ0n) is 15.8. The van der Waals surface area contributed by atoms with Gasteiger partial charge in [0, 0.05) is 17.7 Å². The lowest BCUT2D eigenvalue weighted by molar-refractivity contribution is -0.137. The summed E-state index contributed by atoms with van der Waals surface area (Å²) >= 11 is 0. The van der Waals surface area contributed by atoms with Gasteiger partial charge in [0.25, 0.3) is 5.91 Å². The first-order chi connectivity index (χ1) is 14.3. The van der Waals surface area contributed by atoms with Gasteiger partial charge in [0.1, 0.15) is 0 Å². The third kappa shape index (κ3) is 3.92. The topological polar surface area (TPSA) is 70.7 Å². The predicted octanol–water partition coefficient (Wildman–Crippen LogP) is 4.71. The number of carbonyl (C=O) groups excluding carboxylic acids is 1. The monoisotopic (exact) mass is 410 g/mol. The fraction of sp³-hybridized carbons (Fsp3) is 0.227. The van der Waals surface area contributed by atoms with Gasteiger partial charge in [-0.15, -0.1) is 0 Å². The van der Waals surface area contributed by atoms with Gasteiger partial charge in [0.2, 0.25) is 0 Å². The van der Waals surface area contributed by atoms with Crippen LogP contribution >= 0.6 is 0 Å². The number of nitrogens with one attached hydrogen (secondary N) is 1. The Labute approximate surface area is 170 Å². The van der Waals surface area contributed by atoms with Crippen LogP contribution in [-0.4, -0.2) is 15.7 Å². The number of nitrogens with zero attached hydrogens (tertiary/aromatic N) is 3. The zero-order valence-corrected chi connectivity index (χ0v) is 15.8. The van der Waals surface area contributed by atoms with E-state index in [-0.39, 0.29) is 11.9 Å². The largest absolute Gasteiger partial charge is 0.416 e. The van der Waals surface area contributed by atoms with E-state index >= 15 is 0 Å². The van der Waals surface area contributed by atoms with Gasteiger partial charge in [-0.3, -0.25) is 9.48 Å². The zero-order chi connectivity index (χ0) is 21.3. The van der Waals surface area contributed by atoms with E-state index in [1.54, 1.807) is 35.0 Å². The van der Waals surface area contributed by atoms with E-state index in [0.29, 0.717) is 35.3 Å². The molecule has 152 valence electrons. The number of benzene rings is 2. The average molecular weight is 410 g/mol. The maximum Gasteiger partial charge on any atom is 0.416 e. The van der Waals surface area contributed by atoms with E-state index in [1.807, 2.05) is 6.07 Å². The lowest BCUT2D eigenvalue weighted by atomic mass is 10.0. The summed E-state index contributed by atoms with van der Waals surface area (Å²) in [5.41, 5.74) is 1.60. The maximum absolute atomic E-state index is 13.0. The van der Waals surface area contributed by atoms with Crippen molar-refractivity contribution in [3.63, 3.8) is 0 Å². The molecular weight excluding hydrogens is 393 g/mol. The van der Waals surface area contributed by atoms with Crippen LogP contribution in [0.3, 0.4) is 0 Å². The van der Waals surface area contributed by atoms with Crippen molar-refractivity contribution in [1.29, 1.82) is 5.26 Å². The van der Waals surface area contributed by atoms with Gasteiger partial charge >= 0.3 is 6.18 Å². The van der Waals surface area contributed by atoms with Gasteiger partial charge in [-0.25, -0.2) is 0 Å². The highest BCUT2D eigenvalue weighted by atomic mass is 19.4. The summed E-state index contributed by atoms with van der Waals surface area (Å²) in [6.07, 6.45) is -2.96. The molecule has 0 bridgehead atoms. The molecule has 0 aliphatic carbocycles. The van der Waals surface area contributed by atoms with Crippen LogP contribution in [0.4, 0.5) is 13.2 Å². The van der Waals surface area contributed by atoms with Gasteiger partial charge in [-0.2, -0.15) is 23.5 Å². The fourth-order valence-corrected chi connectivity index (χ4v) is 3.60. The minimum Gasteiger partial charge on any atom is -0.344 e. The number of halogens is 3. The Bertz CT molecular complexity index is 1140. The molecule has 30 heavy (non-hydrogen) atoms. The number of fused-ring (bicyclic) bond motifs is 1. The molecule has 2 aromatic carbocycles. The Kier molecular flexibility index (Phi) is 5.04. The molecule has 4 rings (SSSR count). The van der Waals surface area contributed by atoms with Crippen molar-refractivity contribution in [2.45, 2.75) is 31.6 Å². The van der Waals surface area contributed by atoms with Gasteiger partial charge in [0.05, 0.1) is 34.6 Å². The summed E-state index contributed by atoms with van der Waals surface area (Å²) in [5.74, 6) is -0.313. The van der Waals surface area contributed by atoms with Gasteiger partial charge < -0.3 is 5.32 Å². The lowest BCUT2D eigenvalue weighted by Crippen LogP contribution is -2.32. The van der Waals surface area contributed by atoms with Crippen molar-refractivity contribution in [3.8, 4) is 17.3 Å². The van der Waals surface area contributed by atoms with E-state index < -0.39 is 11.7 Å². The van der Waals surface area contributed by atoms with E-state index in [4.69, 9.17) is 5.26 Å². The normalized spacial score (nSPS) is 15.9. The number of carbonyl (C=O) groups is 1. The summed E-state index contributed by atoms with van der Waals surface area (Å²) in [7, 11) is 0. The van der Waals surface area contributed by atoms with Gasteiger partial charge in [-0.05, 0) is 49.2 Å². The molecule has 1 N–H and O–H groups in total. The number of rotatable bonds is 3. The molecule has 1 aliphatic rings. The molecule has 0 radical (unpaired) electrons. The number of alkyl halides is 3. The Balaban J connectivity index is 1.60. The summed E-state index contributed by atoms with van der Waals surface area (Å²) in [6, 6.07) is 14.9. The number of hydrogen-bond acceptors (Lipinski definition) is 3. The van der Waals surface area contributed by atoms with E-state index in [0.717, 1.165) is 24.2 Å². The molecule has 2 heterocycles. The van der Waals surface area contributed by atoms with Crippen LogP contribution in [0.1, 0.15) is 46.1 Å². The molecule has 3 aromatic rings. The number of nitriles is 1. The number of aromatic nitrogens is 2. The van der Waals surface area contributed by atoms with E-state index in [9.17, 15) is 18.0 Å². The van der Waals surface area contributed by atoms with Crippen molar-refractivity contribution in [1.82, 2.24) is 15.1 Å². The Morgan fingerprint density at radius 3 is 2.73 bits per heavy atom. The molecule has 1 aromatic heterocycles. The molecule has 8 heteroatoms. The van der Waals surface area contributed by atoms with Crippen LogP contribution in [0.5, 0.6) is 0 Å². The Hall–Kier alpha value is -3.60. The van der Waals surface area contributed by atoms with Crippen LogP contribution in [-0.2, 0) is 12.7 Å². The van der Waals surface area contributed by atoms with Crippen molar-refractivity contribution in [3.05, 3.63) is 77.0 Å². The van der Waals surface area contributed by atoms with Crippen molar-refractivity contribution < 1.29 is 18.0 Å². The highest BCUT2D eigenvalue weighted by molar-refractivity contribution is 5.94. The highest BCUT2D eigenvalue weighted by Crippen LogP contribution is 2.34. The van der Waals surface area contributed by atoms with Gasteiger partial charge in [-0.1, -0.05) is 18.2 Å². The second-order valence-corrected chi connectivity index (χ2v) is 7.12. The highest BCUT2D eigenvalue weighted by Gasteiger charge is 2.31. The minimum absolute atomic E-state index is 0.313. The summed E-state index contributed by atoms with van der Waals surface area (Å²) in [6.45, 7) is 0.630. The van der Waals surface area contributed by atoms with Crippen LogP contribution in [0, 0.1) is 11.3 Å². The Morgan fingerprint density at radius 1 is 1.17 bits per heavy atom. The van der Waals surface area contributed by atoms with Crippen LogP contribution < -0.4 is 5.32 Å². The third-order valence-electron chi connectivity index (χ3n) is 5.08. The van der Waals surface area contributed by atoms with Crippen LogP contribution in [0.25, 0.3) is 11.3 Å². The molecular formula is C22H17F3N4O. The third-order valence-corrected chi connectivity index (χ3v) is 5.08. The van der Waals surface area contributed by atoms with Crippen LogP contribution in [0.2, 0.25) is 0 Å². The number of aryl methyl sites for hydroxylation is 1. The molecule has 0 spiro atoms. The molecule has 1 aliphatic heterocycles. The summed E-state index contributed by atoms with van der Waals surface area (Å²) in [5, 5.41) is 16.4. The lowest BCUT2D eigenvalue weighted by Gasteiger charge is -2.24. The molecule has 0 saturated heterocycles. The summed E-state index contributed by atoms with van der Waals surface area (Å²) in [4.78, 5) is 12.6. The van der Waals surface area contributed by atoms with Crippen molar-refractivity contribution in [2.75, 3.05) is 0 Å². The fourth-order valence-electron chi connectivity index (χ4n) is 3.60. The first-order valence-electron chi connectivity index (χ1n) is 9.41. The molecule has 1 unspecified atom stereocenters. The van der Waals surface area contributed by atoms with Crippen LogP contribution in [0.15, 0.2) is 54.6 Å². The second kappa shape index (κ2) is 7.67. The average Bonchev–Trinajstić information content (AvgIpc) is 3.19. The van der Waals surface area contributed by atoms with E-state index in [1.165, 1.54) is 12.1 Å². The SMILES string of the molecule is N#Cc1cccc(C(=O)NC2CCCn3nc(-c4cccc(C(F)(F)F)c4)cc32)c1. The number of amides is 1. The standard InChI is InChI=1S/C22H17F3N4O/c23-22(24,25)17-7-2-5-15(11-17)19-12-20-18(8-3-9-29(20)28-19)27-21(30)16-6-1-4-14(10-16)13-26/h1-2,4-7,10-12,18H,3,8-9H2,(H,27,30). The summed E-state index contributed by atoms with van der Waals surface area (Å²) < 4.78 is 40.8. The predicted molar refractivity (Wildman–Crippen MR) is 103 cm³/mol. The van der Waals surface area contributed by atoms with Crippen molar-refractivity contribution >= 4 is 5.91 Å². The Morgan fingerprint density at radius 2 is 1.97 bits per heavy atom. The molecule has 1 amide bonds. The first kappa shape index (κ1) is 19.7. The second-order valence-electron chi connectivity index (χ2n) is 7.12. The molecule has 0 fully saturated rings. The van der Waals surface area contributed by atoms with Crippen molar-refractivity contribution in [2.24, 2.45) is 0 Å². The first-order valence-corrected chi connectivity index (χ1v) is 9.41. The minimum atomic E-state index is -4.43. The quantitative estimate of drug-likeness (QED) is 0.680.